The molecular formula is C7H9F3N4O2. The van der Waals surface area contributed by atoms with Crippen LogP contribution in [0.3, 0.4) is 0 Å². The Kier molecular flexibility index (Phi) is 3.35. The fourth-order valence-corrected chi connectivity index (χ4v) is 1.08. The van der Waals surface area contributed by atoms with Gasteiger partial charge in [-0.05, 0) is 6.92 Å². The van der Waals surface area contributed by atoms with Crippen LogP contribution in [0.2, 0.25) is 0 Å². The second kappa shape index (κ2) is 4.37. The molecule has 0 saturated heterocycles. The molecule has 1 atom stereocenters. The van der Waals surface area contributed by atoms with E-state index in [1.165, 1.54) is 6.92 Å². The van der Waals surface area contributed by atoms with Crippen LogP contribution in [0.1, 0.15) is 13.3 Å². The number of hydrogen-bond acceptors (Lipinski definition) is 4. The number of aromatic amines is 2. The minimum absolute atomic E-state index is 0.351. The van der Waals surface area contributed by atoms with Gasteiger partial charge in [-0.3, -0.25) is 9.78 Å². The van der Waals surface area contributed by atoms with Crippen molar-refractivity contribution in [3.05, 3.63) is 20.8 Å². The summed E-state index contributed by atoms with van der Waals surface area (Å²) in [4.78, 5) is 23.5. The van der Waals surface area contributed by atoms with E-state index >= 15 is 0 Å². The first-order valence-electron chi connectivity index (χ1n) is 4.30. The van der Waals surface area contributed by atoms with Gasteiger partial charge in [-0.25, -0.2) is 9.89 Å². The summed E-state index contributed by atoms with van der Waals surface area (Å²) < 4.78 is 35.9. The summed E-state index contributed by atoms with van der Waals surface area (Å²) in [5, 5.41) is 7.44. The maximum absolute atomic E-state index is 12.0. The number of halogens is 3. The molecule has 0 amide bonds. The lowest BCUT2D eigenvalue weighted by molar-refractivity contribution is -0.136. The average Bonchev–Trinajstić information content (AvgIpc) is 2.06. The molecule has 0 spiro atoms. The molecular weight excluding hydrogens is 229 g/mol. The van der Waals surface area contributed by atoms with Crippen molar-refractivity contribution in [2.75, 3.05) is 5.32 Å². The Labute approximate surface area is 86.9 Å². The summed E-state index contributed by atoms with van der Waals surface area (Å²) in [6.45, 7) is 1.25. The molecule has 9 heteroatoms. The van der Waals surface area contributed by atoms with Crippen molar-refractivity contribution in [3.63, 3.8) is 0 Å². The highest BCUT2D eigenvalue weighted by molar-refractivity contribution is 5.29. The summed E-state index contributed by atoms with van der Waals surface area (Å²) in [7, 11) is 0. The summed E-state index contributed by atoms with van der Waals surface area (Å²) in [5.41, 5.74) is -1.68. The molecule has 0 aliphatic rings. The Morgan fingerprint density at radius 1 is 1.44 bits per heavy atom. The Hall–Kier alpha value is -1.80. The van der Waals surface area contributed by atoms with Crippen molar-refractivity contribution in [1.29, 1.82) is 0 Å². The second-order valence-electron chi connectivity index (χ2n) is 3.22. The van der Waals surface area contributed by atoms with Crippen molar-refractivity contribution < 1.29 is 13.2 Å². The van der Waals surface area contributed by atoms with Crippen molar-refractivity contribution in [2.45, 2.75) is 25.6 Å². The van der Waals surface area contributed by atoms with Gasteiger partial charge in [0.2, 0.25) is 5.82 Å². The first kappa shape index (κ1) is 12.3. The fraction of sp³-hybridized carbons (Fsp3) is 0.571. The van der Waals surface area contributed by atoms with E-state index in [1.54, 1.807) is 0 Å². The molecule has 90 valence electrons. The molecule has 0 aromatic carbocycles. The summed E-state index contributed by atoms with van der Waals surface area (Å²) in [6.07, 6.45) is -5.44. The van der Waals surface area contributed by atoms with Crippen LogP contribution < -0.4 is 16.6 Å². The maximum Gasteiger partial charge on any atom is 0.391 e. The van der Waals surface area contributed by atoms with Gasteiger partial charge in [-0.2, -0.15) is 13.2 Å². The summed E-state index contributed by atoms with van der Waals surface area (Å²) in [5.74, 6) is -0.351. The molecule has 0 aliphatic heterocycles. The monoisotopic (exact) mass is 238 g/mol. The molecule has 0 aliphatic carbocycles. The standard InChI is InChI=1S/C7H9F3N4O2/c1-3(2-7(8,9)10)11-4-5(15)12-6(16)14-13-4/h3H,2H2,1H3,(H,11,13)(H2,12,14,15,16). The number of alkyl halides is 3. The number of nitrogens with zero attached hydrogens (tertiary/aromatic N) is 1. The molecule has 1 aromatic rings. The molecule has 16 heavy (non-hydrogen) atoms. The van der Waals surface area contributed by atoms with Gasteiger partial charge < -0.3 is 5.32 Å². The minimum Gasteiger partial charge on any atom is -0.361 e. The van der Waals surface area contributed by atoms with Gasteiger partial charge in [0.15, 0.2) is 0 Å². The summed E-state index contributed by atoms with van der Waals surface area (Å²) in [6, 6.07) is -1.01. The minimum atomic E-state index is -4.33. The van der Waals surface area contributed by atoms with Crippen LogP contribution in [0.5, 0.6) is 0 Å². The average molecular weight is 238 g/mol. The van der Waals surface area contributed by atoms with Gasteiger partial charge in [-0.15, -0.1) is 5.10 Å². The third-order valence-corrected chi connectivity index (χ3v) is 1.63. The molecule has 1 rings (SSSR count). The maximum atomic E-state index is 12.0. The quantitative estimate of drug-likeness (QED) is 0.702. The molecule has 0 bridgehead atoms. The van der Waals surface area contributed by atoms with Crippen molar-refractivity contribution in [1.82, 2.24) is 15.2 Å². The van der Waals surface area contributed by atoms with E-state index in [9.17, 15) is 22.8 Å². The van der Waals surface area contributed by atoms with Gasteiger partial charge >= 0.3 is 11.9 Å². The lowest BCUT2D eigenvalue weighted by Gasteiger charge is -2.15. The van der Waals surface area contributed by atoms with E-state index in [0.29, 0.717) is 0 Å². The van der Waals surface area contributed by atoms with E-state index in [4.69, 9.17) is 0 Å². The molecule has 0 fully saturated rings. The van der Waals surface area contributed by atoms with Crippen LogP contribution in [0.4, 0.5) is 19.0 Å². The van der Waals surface area contributed by atoms with Crippen LogP contribution in [-0.2, 0) is 0 Å². The van der Waals surface area contributed by atoms with Crippen molar-refractivity contribution in [2.24, 2.45) is 0 Å². The first-order chi connectivity index (χ1) is 7.28. The topological polar surface area (TPSA) is 90.6 Å². The predicted molar refractivity (Wildman–Crippen MR) is 49.2 cm³/mol. The fourth-order valence-electron chi connectivity index (χ4n) is 1.08. The van der Waals surface area contributed by atoms with E-state index in [0.717, 1.165) is 0 Å². The number of hydrogen-bond donors (Lipinski definition) is 3. The highest BCUT2D eigenvalue weighted by Crippen LogP contribution is 2.22. The highest BCUT2D eigenvalue weighted by atomic mass is 19.4. The molecule has 6 nitrogen and oxygen atoms in total. The predicted octanol–water partition coefficient (Wildman–Crippen LogP) is 0.211. The Morgan fingerprint density at radius 2 is 2.06 bits per heavy atom. The third-order valence-electron chi connectivity index (χ3n) is 1.63. The number of nitrogens with one attached hydrogen (secondary N) is 3. The van der Waals surface area contributed by atoms with E-state index < -0.39 is 29.9 Å². The number of rotatable bonds is 3. The van der Waals surface area contributed by atoms with Crippen LogP contribution in [-0.4, -0.2) is 27.4 Å². The van der Waals surface area contributed by atoms with Crippen LogP contribution in [0.15, 0.2) is 9.59 Å². The zero-order valence-corrected chi connectivity index (χ0v) is 8.18. The highest BCUT2D eigenvalue weighted by Gasteiger charge is 2.30. The zero-order chi connectivity index (χ0) is 12.3. The van der Waals surface area contributed by atoms with Crippen LogP contribution in [0, 0.1) is 0 Å². The Morgan fingerprint density at radius 3 is 2.56 bits per heavy atom. The second-order valence-corrected chi connectivity index (χ2v) is 3.22. The van der Waals surface area contributed by atoms with Crippen molar-refractivity contribution >= 4 is 5.82 Å². The van der Waals surface area contributed by atoms with Gasteiger partial charge in [0.05, 0.1) is 6.42 Å². The first-order valence-corrected chi connectivity index (χ1v) is 4.30. The van der Waals surface area contributed by atoms with E-state index in [2.05, 4.69) is 10.4 Å². The zero-order valence-electron chi connectivity index (χ0n) is 8.18. The smallest absolute Gasteiger partial charge is 0.361 e. The SMILES string of the molecule is CC(CC(F)(F)F)Nc1n[nH]c(=O)[nH]c1=O. The Balaban J connectivity index is 2.74. The van der Waals surface area contributed by atoms with Gasteiger partial charge in [0.1, 0.15) is 0 Å². The molecule has 1 heterocycles. The van der Waals surface area contributed by atoms with Gasteiger partial charge in [0.25, 0.3) is 5.56 Å². The lowest BCUT2D eigenvalue weighted by Crippen LogP contribution is -2.31. The third kappa shape index (κ3) is 3.75. The van der Waals surface area contributed by atoms with Crippen LogP contribution >= 0.6 is 0 Å². The normalized spacial score (nSPS) is 13.5. The number of H-pyrrole nitrogens is 2. The van der Waals surface area contributed by atoms with E-state index in [1.807, 2.05) is 10.1 Å². The van der Waals surface area contributed by atoms with Crippen molar-refractivity contribution in [3.8, 4) is 0 Å². The molecule has 1 unspecified atom stereocenters. The lowest BCUT2D eigenvalue weighted by atomic mass is 10.2. The molecule has 0 saturated carbocycles. The largest absolute Gasteiger partial charge is 0.391 e. The van der Waals surface area contributed by atoms with Crippen LogP contribution in [0.25, 0.3) is 0 Å². The van der Waals surface area contributed by atoms with E-state index in [-0.39, 0.29) is 5.82 Å². The number of aromatic nitrogens is 3. The summed E-state index contributed by atoms with van der Waals surface area (Å²) >= 11 is 0. The molecule has 3 N–H and O–H groups in total. The molecule has 0 radical (unpaired) electrons. The van der Waals surface area contributed by atoms with Gasteiger partial charge in [-0.1, -0.05) is 0 Å². The van der Waals surface area contributed by atoms with Gasteiger partial charge in [0, 0.05) is 6.04 Å². The Bertz CT molecular complexity index is 464. The number of anilines is 1. The molecule has 1 aromatic heterocycles.